The zero-order valence-electron chi connectivity index (χ0n) is 22.0. The molecule has 0 aliphatic heterocycles. The van der Waals surface area contributed by atoms with Gasteiger partial charge in [-0.1, -0.05) is 30.2 Å². The van der Waals surface area contributed by atoms with Gasteiger partial charge in [-0.05, 0) is 116 Å². The first kappa shape index (κ1) is 25.2. The van der Waals surface area contributed by atoms with Crippen molar-refractivity contribution in [3.05, 3.63) is 89.5 Å². The molecule has 3 aromatic carbocycles. The molecule has 198 valence electrons. The van der Waals surface area contributed by atoms with Crippen LogP contribution in [0.1, 0.15) is 60.0 Å². The molecule has 0 unspecified atom stereocenters. The Kier molecular flexibility index (Phi) is 6.87. The molecule has 4 fully saturated rings. The molecule has 0 atom stereocenters. The highest BCUT2D eigenvalue weighted by Crippen LogP contribution is 2.60. The molecule has 3 aromatic rings. The SMILES string of the molecule is C#CCOc1ccc(C(=O)c2cccc(NC(=O)COc3ccc(C45CC6CC(CC(C6)C4)C5)cc3)c2)cc1. The van der Waals surface area contributed by atoms with Crippen molar-refractivity contribution in [2.75, 3.05) is 18.5 Å². The third-order valence-electron chi connectivity index (χ3n) is 8.72. The number of benzene rings is 3. The number of nitrogens with one attached hydrogen (secondary N) is 1. The van der Waals surface area contributed by atoms with Gasteiger partial charge in [-0.15, -0.1) is 6.42 Å². The fraction of sp³-hybridized carbons (Fsp3) is 0.353. The molecule has 4 saturated carbocycles. The van der Waals surface area contributed by atoms with Gasteiger partial charge in [0.25, 0.3) is 5.91 Å². The Morgan fingerprint density at radius 3 is 2.08 bits per heavy atom. The highest BCUT2D eigenvalue weighted by atomic mass is 16.5. The van der Waals surface area contributed by atoms with Crippen molar-refractivity contribution in [2.24, 2.45) is 17.8 Å². The number of ether oxygens (including phenoxy) is 2. The van der Waals surface area contributed by atoms with E-state index in [4.69, 9.17) is 15.9 Å². The molecule has 4 bridgehead atoms. The standard InChI is InChI=1S/C34H33NO4/c1-2-14-38-30-10-6-26(7-11-30)33(37)27-4-3-5-29(18-27)35-32(36)22-39-31-12-8-28(9-13-31)34-19-23-15-24(20-34)17-25(16-23)21-34/h1,3-13,18,23-25H,14-17,19-22H2,(H,35,36). The van der Waals surface area contributed by atoms with E-state index in [1.165, 1.54) is 44.1 Å². The smallest absolute Gasteiger partial charge is 0.262 e. The van der Waals surface area contributed by atoms with Gasteiger partial charge in [-0.25, -0.2) is 0 Å². The number of terminal acetylenes is 1. The summed E-state index contributed by atoms with van der Waals surface area (Å²) in [6.45, 7) is 0.0694. The molecule has 4 aliphatic carbocycles. The number of carbonyl (C=O) groups is 2. The summed E-state index contributed by atoms with van der Waals surface area (Å²) < 4.78 is 11.2. The molecule has 0 spiro atoms. The van der Waals surface area contributed by atoms with Gasteiger partial charge in [0.05, 0.1) is 0 Å². The number of hydrogen-bond acceptors (Lipinski definition) is 4. The lowest BCUT2D eigenvalue weighted by molar-refractivity contribution is -0.118. The maximum absolute atomic E-state index is 12.9. The molecular weight excluding hydrogens is 486 g/mol. The Morgan fingerprint density at radius 2 is 1.44 bits per heavy atom. The number of anilines is 1. The first-order chi connectivity index (χ1) is 19.0. The summed E-state index contributed by atoms with van der Waals surface area (Å²) in [5.41, 5.74) is 3.33. The van der Waals surface area contributed by atoms with Gasteiger partial charge in [0, 0.05) is 16.8 Å². The Labute approximate surface area is 229 Å². The summed E-state index contributed by atoms with van der Waals surface area (Å²) in [4.78, 5) is 25.5. The van der Waals surface area contributed by atoms with Crippen LogP contribution < -0.4 is 14.8 Å². The summed E-state index contributed by atoms with van der Waals surface area (Å²) in [6.07, 6.45) is 13.5. The Hall–Kier alpha value is -4.04. The molecule has 5 nitrogen and oxygen atoms in total. The van der Waals surface area contributed by atoms with Crippen LogP contribution in [0.4, 0.5) is 5.69 Å². The number of carbonyl (C=O) groups excluding carboxylic acids is 2. The van der Waals surface area contributed by atoms with E-state index in [-0.39, 0.29) is 24.9 Å². The van der Waals surface area contributed by atoms with Crippen LogP contribution >= 0.6 is 0 Å². The Morgan fingerprint density at radius 1 is 0.821 bits per heavy atom. The fourth-order valence-electron chi connectivity index (χ4n) is 7.45. The number of amides is 1. The molecule has 0 heterocycles. The van der Waals surface area contributed by atoms with Crippen LogP contribution in [0.15, 0.2) is 72.8 Å². The van der Waals surface area contributed by atoms with E-state index in [0.29, 0.717) is 33.7 Å². The summed E-state index contributed by atoms with van der Waals surface area (Å²) in [5.74, 6) is 6.00. The predicted molar refractivity (Wildman–Crippen MR) is 151 cm³/mol. The average molecular weight is 520 g/mol. The van der Waals surface area contributed by atoms with E-state index in [0.717, 1.165) is 17.8 Å². The highest BCUT2D eigenvalue weighted by Gasteiger charge is 2.51. The largest absolute Gasteiger partial charge is 0.484 e. The second kappa shape index (κ2) is 10.6. The van der Waals surface area contributed by atoms with Crippen molar-refractivity contribution in [2.45, 2.75) is 43.9 Å². The van der Waals surface area contributed by atoms with Crippen molar-refractivity contribution >= 4 is 17.4 Å². The highest BCUT2D eigenvalue weighted by molar-refractivity contribution is 6.09. The molecule has 5 heteroatoms. The van der Waals surface area contributed by atoms with Crippen LogP contribution in [0.5, 0.6) is 11.5 Å². The maximum Gasteiger partial charge on any atom is 0.262 e. The molecule has 39 heavy (non-hydrogen) atoms. The molecule has 4 aliphatic rings. The first-order valence-corrected chi connectivity index (χ1v) is 13.8. The monoisotopic (exact) mass is 519 g/mol. The first-order valence-electron chi connectivity index (χ1n) is 13.8. The van der Waals surface area contributed by atoms with Crippen LogP contribution in [0.25, 0.3) is 0 Å². The van der Waals surface area contributed by atoms with Crippen molar-refractivity contribution in [1.29, 1.82) is 0 Å². The van der Waals surface area contributed by atoms with Gasteiger partial charge >= 0.3 is 0 Å². The molecule has 1 amide bonds. The average Bonchev–Trinajstić information content (AvgIpc) is 2.94. The lowest BCUT2D eigenvalue weighted by Gasteiger charge is -2.57. The summed E-state index contributed by atoms with van der Waals surface area (Å²) in [6, 6.07) is 22.1. The van der Waals surface area contributed by atoms with Crippen LogP contribution in [0.3, 0.4) is 0 Å². The van der Waals surface area contributed by atoms with Gasteiger partial charge < -0.3 is 14.8 Å². The van der Waals surface area contributed by atoms with Gasteiger partial charge in [0.2, 0.25) is 0 Å². The maximum atomic E-state index is 12.9. The normalized spacial score (nSPS) is 24.5. The van der Waals surface area contributed by atoms with Gasteiger partial charge in [0.1, 0.15) is 18.1 Å². The molecule has 0 radical (unpaired) electrons. The fourth-order valence-corrected chi connectivity index (χ4v) is 7.45. The number of ketones is 1. The van der Waals surface area contributed by atoms with Gasteiger partial charge in [-0.2, -0.15) is 0 Å². The molecule has 7 rings (SSSR count). The van der Waals surface area contributed by atoms with E-state index in [1.807, 2.05) is 12.1 Å². The lowest BCUT2D eigenvalue weighted by atomic mass is 9.48. The van der Waals surface area contributed by atoms with Crippen LogP contribution in [-0.2, 0) is 10.2 Å². The quantitative estimate of drug-likeness (QED) is 0.262. The number of rotatable bonds is 9. The number of hydrogen-bond donors (Lipinski definition) is 1. The van der Waals surface area contributed by atoms with Gasteiger partial charge in [-0.3, -0.25) is 9.59 Å². The van der Waals surface area contributed by atoms with Crippen molar-refractivity contribution < 1.29 is 19.1 Å². The molecular formula is C34H33NO4. The van der Waals surface area contributed by atoms with E-state index in [9.17, 15) is 9.59 Å². The summed E-state index contributed by atoms with van der Waals surface area (Å²) >= 11 is 0. The van der Waals surface area contributed by atoms with Crippen molar-refractivity contribution in [3.8, 4) is 23.8 Å². The zero-order valence-corrected chi connectivity index (χ0v) is 22.0. The van der Waals surface area contributed by atoms with Crippen LogP contribution in [-0.4, -0.2) is 24.9 Å². The minimum atomic E-state index is -0.278. The summed E-state index contributed by atoms with van der Waals surface area (Å²) in [5, 5.41) is 2.84. The second-order valence-electron chi connectivity index (χ2n) is 11.5. The van der Waals surface area contributed by atoms with E-state index in [2.05, 4.69) is 23.4 Å². The van der Waals surface area contributed by atoms with Crippen molar-refractivity contribution in [1.82, 2.24) is 0 Å². The third-order valence-corrected chi connectivity index (χ3v) is 8.72. The summed E-state index contributed by atoms with van der Waals surface area (Å²) in [7, 11) is 0. The third kappa shape index (κ3) is 5.43. The van der Waals surface area contributed by atoms with Gasteiger partial charge in [0.15, 0.2) is 12.4 Å². The van der Waals surface area contributed by atoms with E-state index in [1.54, 1.807) is 48.5 Å². The van der Waals surface area contributed by atoms with Crippen LogP contribution in [0, 0.1) is 30.1 Å². The minimum Gasteiger partial charge on any atom is -0.484 e. The van der Waals surface area contributed by atoms with E-state index >= 15 is 0 Å². The lowest BCUT2D eigenvalue weighted by Crippen LogP contribution is -2.48. The molecule has 0 aromatic heterocycles. The van der Waals surface area contributed by atoms with Crippen LogP contribution in [0.2, 0.25) is 0 Å². The van der Waals surface area contributed by atoms with E-state index < -0.39 is 0 Å². The molecule has 0 saturated heterocycles. The zero-order chi connectivity index (χ0) is 26.8. The Balaban J connectivity index is 1.03. The Bertz CT molecular complexity index is 1370. The predicted octanol–water partition coefficient (Wildman–Crippen LogP) is 6.41. The van der Waals surface area contributed by atoms with Crippen molar-refractivity contribution in [3.63, 3.8) is 0 Å². The second-order valence-corrected chi connectivity index (χ2v) is 11.5. The minimum absolute atomic E-state index is 0.103. The topological polar surface area (TPSA) is 64.6 Å². The molecule has 1 N–H and O–H groups in total.